The summed E-state index contributed by atoms with van der Waals surface area (Å²) in [6.07, 6.45) is -0.538. The third-order valence-electron chi connectivity index (χ3n) is 2.14. The number of halogens is 1. The van der Waals surface area contributed by atoms with Crippen molar-refractivity contribution in [1.82, 2.24) is 10.2 Å². The zero-order chi connectivity index (χ0) is 12.3. The first-order chi connectivity index (χ1) is 8.20. The van der Waals surface area contributed by atoms with Crippen LogP contribution in [0.25, 0.3) is 11.5 Å². The van der Waals surface area contributed by atoms with Crippen molar-refractivity contribution in [2.45, 2.75) is 13.0 Å². The van der Waals surface area contributed by atoms with Gasteiger partial charge in [-0.1, -0.05) is 15.9 Å². The fraction of sp³-hybridized carbons (Fsp3) is 0.182. The topological polar surface area (TPSA) is 65.2 Å². The van der Waals surface area contributed by atoms with Crippen molar-refractivity contribution in [3.8, 4) is 11.5 Å². The molecule has 1 atom stereocenters. The molecule has 0 bridgehead atoms. The molecule has 0 aliphatic rings. The van der Waals surface area contributed by atoms with Crippen LogP contribution in [0.4, 0.5) is 0 Å². The van der Waals surface area contributed by atoms with Gasteiger partial charge in [0.25, 0.3) is 12.4 Å². The van der Waals surface area contributed by atoms with Crippen LogP contribution in [0, 0.1) is 0 Å². The molecule has 0 amide bonds. The number of carbonyl (C=O) groups excluding carboxylic acids is 1. The molecular formula is C11H9BrN2O3. The lowest BCUT2D eigenvalue weighted by atomic mass is 10.2. The monoisotopic (exact) mass is 296 g/mol. The molecule has 0 radical (unpaired) electrons. The fourth-order valence-electron chi connectivity index (χ4n) is 1.25. The average molecular weight is 297 g/mol. The van der Waals surface area contributed by atoms with Gasteiger partial charge in [-0.15, -0.1) is 10.2 Å². The maximum absolute atomic E-state index is 10.2. The smallest absolute Gasteiger partial charge is 0.293 e. The van der Waals surface area contributed by atoms with Gasteiger partial charge in [0.2, 0.25) is 5.89 Å². The molecule has 88 valence electrons. The van der Waals surface area contributed by atoms with Crippen LogP contribution >= 0.6 is 15.9 Å². The summed E-state index contributed by atoms with van der Waals surface area (Å²) in [7, 11) is 0. The molecule has 1 heterocycles. The molecule has 0 N–H and O–H groups in total. The highest BCUT2D eigenvalue weighted by Crippen LogP contribution is 2.23. The number of ether oxygens (including phenoxy) is 1. The van der Waals surface area contributed by atoms with Crippen molar-refractivity contribution in [1.29, 1.82) is 0 Å². The van der Waals surface area contributed by atoms with Crippen LogP contribution in [0.3, 0.4) is 0 Å². The van der Waals surface area contributed by atoms with Gasteiger partial charge in [0.15, 0.2) is 6.10 Å². The maximum Gasteiger partial charge on any atom is 0.293 e. The average Bonchev–Trinajstić information content (AvgIpc) is 2.80. The number of aromatic nitrogens is 2. The normalized spacial score (nSPS) is 12.1. The second-order valence-corrected chi connectivity index (χ2v) is 4.24. The third kappa shape index (κ3) is 2.71. The van der Waals surface area contributed by atoms with Gasteiger partial charge < -0.3 is 9.15 Å². The maximum atomic E-state index is 10.2. The van der Waals surface area contributed by atoms with E-state index in [2.05, 4.69) is 26.1 Å². The quantitative estimate of drug-likeness (QED) is 0.812. The largest absolute Gasteiger partial charge is 0.455 e. The Morgan fingerprint density at radius 2 is 2.06 bits per heavy atom. The van der Waals surface area contributed by atoms with Gasteiger partial charge in [-0.05, 0) is 31.2 Å². The van der Waals surface area contributed by atoms with Gasteiger partial charge in [0.1, 0.15) is 0 Å². The number of rotatable bonds is 4. The van der Waals surface area contributed by atoms with E-state index in [1.165, 1.54) is 0 Å². The Morgan fingerprint density at radius 1 is 1.35 bits per heavy atom. The highest BCUT2D eigenvalue weighted by Gasteiger charge is 2.15. The molecular weight excluding hydrogens is 288 g/mol. The third-order valence-corrected chi connectivity index (χ3v) is 2.67. The molecule has 0 spiro atoms. The van der Waals surface area contributed by atoms with E-state index in [9.17, 15) is 4.79 Å². The Bertz CT molecular complexity index is 510. The van der Waals surface area contributed by atoms with Crippen molar-refractivity contribution in [3.05, 3.63) is 34.6 Å². The minimum absolute atomic E-state index is 0.273. The molecule has 0 saturated carbocycles. The summed E-state index contributed by atoms with van der Waals surface area (Å²) in [6, 6.07) is 7.47. The lowest BCUT2D eigenvalue weighted by Gasteiger charge is -2.02. The lowest BCUT2D eigenvalue weighted by Crippen LogP contribution is -1.97. The van der Waals surface area contributed by atoms with E-state index >= 15 is 0 Å². The molecule has 2 aromatic rings. The molecule has 2 rings (SSSR count). The molecule has 6 heteroatoms. The first-order valence-electron chi connectivity index (χ1n) is 4.89. The van der Waals surface area contributed by atoms with Crippen molar-refractivity contribution >= 4 is 22.4 Å². The second kappa shape index (κ2) is 5.09. The van der Waals surface area contributed by atoms with Crippen LogP contribution in [0.2, 0.25) is 0 Å². The van der Waals surface area contributed by atoms with Crippen LogP contribution in [0.5, 0.6) is 0 Å². The summed E-state index contributed by atoms with van der Waals surface area (Å²) in [4.78, 5) is 10.2. The van der Waals surface area contributed by atoms with E-state index in [-0.39, 0.29) is 5.89 Å². The Labute approximate surface area is 106 Å². The molecule has 1 aromatic heterocycles. The van der Waals surface area contributed by atoms with Gasteiger partial charge in [-0.2, -0.15) is 0 Å². The highest BCUT2D eigenvalue weighted by atomic mass is 79.9. The molecule has 5 nitrogen and oxygen atoms in total. The molecule has 1 aromatic carbocycles. The van der Waals surface area contributed by atoms with E-state index in [0.717, 1.165) is 10.0 Å². The Balaban J connectivity index is 2.23. The van der Waals surface area contributed by atoms with E-state index in [1.807, 2.05) is 24.3 Å². The summed E-state index contributed by atoms with van der Waals surface area (Å²) in [5.74, 6) is 0.670. The van der Waals surface area contributed by atoms with E-state index in [1.54, 1.807) is 6.92 Å². The van der Waals surface area contributed by atoms with E-state index in [0.29, 0.717) is 12.4 Å². The van der Waals surface area contributed by atoms with Crippen LogP contribution in [-0.2, 0) is 9.53 Å². The molecule has 17 heavy (non-hydrogen) atoms. The van der Waals surface area contributed by atoms with Gasteiger partial charge >= 0.3 is 0 Å². The minimum atomic E-state index is -0.538. The molecule has 0 aliphatic carbocycles. The standard InChI is InChI=1S/C11H9BrN2O3/c1-7(16-6-15)10-13-14-11(17-10)8-2-4-9(12)5-3-8/h2-7H,1H3. The summed E-state index contributed by atoms with van der Waals surface area (Å²) >= 11 is 3.34. The number of nitrogens with zero attached hydrogens (tertiary/aromatic N) is 2. The highest BCUT2D eigenvalue weighted by molar-refractivity contribution is 9.10. The zero-order valence-corrected chi connectivity index (χ0v) is 10.5. The predicted molar refractivity (Wildman–Crippen MR) is 63.0 cm³/mol. The van der Waals surface area contributed by atoms with Gasteiger partial charge in [0, 0.05) is 10.0 Å². The van der Waals surface area contributed by atoms with Crippen LogP contribution in [0.15, 0.2) is 33.2 Å². The van der Waals surface area contributed by atoms with E-state index in [4.69, 9.17) is 9.15 Å². The van der Waals surface area contributed by atoms with Gasteiger partial charge in [0.05, 0.1) is 0 Å². The van der Waals surface area contributed by atoms with Gasteiger partial charge in [-0.3, -0.25) is 4.79 Å². The predicted octanol–water partition coefficient (Wildman–Crippen LogP) is 2.73. The number of hydrogen-bond donors (Lipinski definition) is 0. The Kier molecular flexibility index (Phi) is 3.53. The zero-order valence-electron chi connectivity index (χ0n) is 8.96. The van der Waals surface area contributed by atoms with E-state index < -0.39 is 6.10 Å². The molecule has 1 unspecified atom stereocenters. The summed E-state index contributed by atoms with van der Waals surface area (Å²) < 4.78 is 11.1. The van der Waals surface area contributed by atoms with Crippen molar-refractivity contribution in [2.75, 3.05) is 0 Å². The lowest BCUT2D eigenvalue weighted by molar-refractivity contribution is -0.134. The van der Waals surface area contributed by atoms with Crippen molar-refractivity contribution in [3.63, 3.8) is 0 Å². The van der Waals surface area contributed by atoms with Crippen LogP contribution in [0.1, 0.15) is 18.9 Å². The van der Waals surface area contributed by atoms with Crippen LogP contribution in [-0.4, -0.2) is 16.7 Å². The Hall–Kier alpha value is -1.69. The molecule has 0 aliphatic heterocycles. The van der Waals surface area contributed by atoms with Crippen LogP contribution < -0.4 is 0 Å². The molecule has 0 fully saturated rings. The summed E-state index contributed by atoms with van der Waals surface area (Å²) in [6.45, 7) is 2.02. The number of carbonyl (C=O) groups is 1. The second-order valence-electron chi connectivity index (χ2n) is 3.33. The molecule has 0 saturated heterocycles. The first kappa shape index (κ1) is 11.8. The first-order valence-corrected chi connectivity index (χ1v) is 5.68. The summed E-state index contributed by atoms with van der Waals surface area (Å²) in [5, 5.41) is 7.71. The van der Waals surface area contributed by atoms with Crippen molar-refractivity contribution in [2.24, 2.45) is 0 Å². The van der Waals surface area contributed by atoms with Crippen molar-refractivity contribution < 1.29 is 13.9 Å². The van der Waals surface area contributed by atoms with Gasteiger partial charge in [-0.25, -0.2) is 0 Å². The fourth-order valence-corrected chi connectivity index (χ4v) is 1.51. The summed E-state index contributed by atoms with van der Waals surface area (Å²) in [5.41, 5.74) is 0.810. The number of benzene rings is 1. The SMILES string of the molecule is CC(OC=O)c1nnc(-c2ccc(Br)cc2)o1. The number of hydrogen-bond acceptors (Lipinski definition) is 5. The Morgan fingerprint density at radius 3 is 2.71 bits per heavy atom. The minimum Gasteiger partial charge on any atom is -0.455 e.